The number of amides is 1. The van der Waals surface area contributed by atoms with E-state index >= 15 is 0 Å². The van der Waals surface area contributed by atoms with E-state index in [0.29, 0.717) is 31.0 Å². The summed E-state index contributed by atoms with van der Waals surface area (Å²) in [4.78, 5) is 12.1. The van der Waals surface area contributed by atoms with Crippen molar-refractivity contribution >= 4 is 21.6 Å². The molecule has 1 N–H and O–H groups in total. The fourth-order valence-corrected chi connectivity index (χ4v) is 4.22. The van der Waals surface area contributed by atoms with Gasteiger partial charge in [-0.3, -0.25) is 9.10 Å². The molecule has 2 rings (SSSR count). The smallest absolute Gasteiger partial charge is 0.232 e. The van der Waals surface area contributed by atoms with Gasteiger partial charge in [0, 0.05) is 19.5 Å². The lowest BCUT2D eigenvalue weighted by atomic mass is 10.0. The van der Waals surface area contributed by atoms with Crippen LogP contribution < -0.4 is 9.62 Å². The molecular weight excluding hydrogens is 396 g/mol. The van der Waals surface area contributed by atoms with Crippen LogP contribution in [0.2, 0.25) is 0 Å². The van der Waals surface area contributed by atoms with Crippen molar-refractivity contribution in [3.05, 3.63) is 65.2 Å². The molecule has 0 saturated carbocycles. The molecule has 164 valence electrons. The lowest BCUT2D eigenvalue weighted by Crippen LogP contribution is -2.32. The van der Waals surface area contributed by atoms with E-state index in [1.165, 1.54) is 21.7 Å². The largest absolute Gasteiger partial charge is 0.356 e. The van der Waals surface area contributed by atoms with Crippen molar-refractivity contribution in [2.45, 2.75) is 52.4 Å². The van der Waals surface area contributed by atoms with Crippen LogP contribution in [0.4, 0.5) is 5.69 Å². The van der Waals surface area contributed by atoms with Gasteiger partial charge in [-0.1, -0.05) is 55.8 Å². The zero-order valence-corrected chi connectivity index (χ0v) is 19.3. The second-order valence-corrected chi connectivity index (χ2v) is 10.0. The molecular formula is C24H34N2O3S. The monoisotopic (exact) mass is 430 g/mol. The Morgan fingerprint density at radius 3 is 2.20 bits per heavy atom. The second kappa shape index (κ2) is 11.2. The zero-order valence-electron chi connectivity index (χ0n) is 18.5. The summed E-state index contributed by atoms with van der Waals surface area (Å²) >= 11 is 0. The van der Waals surface area contributed by atoms with Crippen LogP contribution in [0.1, 0.15) is 55.7 Å². The van der Waals surface area contributed by atoms with Crippen LogP contribution >= 0.6 is 0 Å². The van der Waals surface area contributed by atoms with E-state index in [1.807, 2.05) is 19.1 Å². The molecule has 1 amide bonds. The summed E-state index contributed by atoms with van der Waals surface area (Å²) in [6.07, 6.45) is 3.78. The van der Waals surface area contributed by atoms with E-state index in [1.54, 1.807) is 12.1 Å². The highest BCUT2D eigenvalue weighted by atomic mass is 32.2. The van der Waals surface area contributed by atoms with Gasteiger partial charge in [0.25, 0.3) is 0 Å². The lowest BCUT2D eigenvalue weighted by Gasteiger charge is -2.22. The number of anilines is 1. The van der Waals surface area contributed by atoms with Crippen LogP contribution in [0, 0.1) is 6.92 Å². The Morgan fingerprint density at radius 1 is 1.00 bits per heavy atom. The van der Waals surface area contributed by atoms with Crippen molar-refractivity contribution in [2.24, 2.45) is 0 Å². The van der Waals surface area contributed by atoms with Crippen LogP contribution in [0.15, 0.2) is 48.5 Å². The average Bonchev–Trinajstić information content (AvgIpc) is 2.69. The van der Waals surface area contributed by atoms with E-state index in [-0.39, 0.29) is 12.5 Å². The molecule has 30 heavy (non-hydrogen) atoms. The molecule has 0 fully saturated rings. The highest BCUT2D eigenvalue weighted by Gasteiger charge is 2.17. The third-order valence-electron chi connectivity index (χ3n) is 5.10. The molecule has 0 aliphatic carbocycles. The Balaban J connectivity index is 1.72. The van der Waals surface area contributed by atoms with Crippen molar-refractivity contribution in [3.63, 3.8) is 0 Å². The summed E-state index contributed by atoms with van der Waals surface area (Å²) < 4.78 is 25.6. The van der Waals surface area contributed by atoms with Crippen molar-refractivity contribution < 1.29 is 13.2 Å². The summed E-state index contributed by atoms with van der Waals surface area (Å²) in [6, 6.07) is 16.0. The van der Waals surface area contributed by atoms with Gasteiger partial charge in [0.1, 0.15) is 0 Å². The maximum absolute atomic E-state index is 12.1. The van der Waals surface area contributed by atoms with Gasteiger partial charge in [-0.15, -0.1) is 0 Å². The number of rotatable bonds is 11. The predicted octanol–water partition coefficient (Wildman–Crippen LogP) is 4.41. The van der Waals surface area contributed by atoms with Crippen molar-refractivity contribution in [1.82, 2.24) is 5.32 Å². The minimum atomic E-state index is -3.39. The number of carbonyl (C=O) groups is 1. The van der Waals surface area contributed by atoms with Gasteiger partial charge in [0.2, 0.25) is 15.9 Å². The van der Waals surface area contributed by atoms with E-state index in [0.717, 1.165) is 18.4 Å². The number of nitrogens with zero attached hydrogens (tertiary/aromatic N) is 1. The third kappa shape index (κ3) is 7.82. The quantitative estimate of drug-likeness (QED) is 0.537. The molecule has 0 unspecified atom stereocenters. The van der Waals surface area contributed by atoms with Crippen LogP contribution in [-0.4, -0.2) is 33.7 Å². The zero-order chi connectivity index (χ0) is 22.1. The molecule has 2 aromatic carbocycles. The van der Waals surface area contributed by atoms with Gasteiger partial charge in [-0.25, -0.2) is 8.42 Å². The number of benzene rings is 2. The predicted molar refractivity (Wildman–Crippen MR) is 124 cm³/mol. The Labute approximate surface area is 181 Å². The first kappa shape index (κ1) is 23.9. The molecule has 2 aromatic rings. The molecule has 0 aromatic heterocycles. The van der Waals surface area contributed by atoms with Crippen LogP contribution in [-0.2, 0) is 21.2 Å². The summed E-state index contributed by atoms with van der Waals surface area (Å²) in [7, 11) is -3.39. The van der Waals surface area contributed by atoms with Crippen molar-refractivity contribution in [3.8, 4) is 0 Å². The Morgan fingerprint density at radius 2 is 1.63 bits per heavy atom. The van der Waals surface area contributed by atoms with Gasteiger partial charge in [-0.05, 0) is 55.4 Å². The second-order valence-electron chi connectivity index (χ2n) is 8.12. The van der Waals surface area contributed by atoms with Gasteiger partial charge in [0.15, 0.2) is 0 Å². The standard InChI is InChI=1S/C24H34N2O3S/c1-19(2)22-13-11-21(12-14-22)7-5-17-25-24(27)8-6-18-26(30(4,28)29)23-15-9-20(3)10-16-23/h9-16,19H,5-8,17-18H2,1-4H3,(H,25,27). The molecule has 0 spiro atoms. The SMILES string of the molecule is Cc1ccc(N(CCCC(=O)NCCCc2ccc(C(C)C)cc2)S(C)(=O)=O)cc1. The van der Waals surface area contributed by atoms with Crippen molar-refractivity contribution in [1.29, 1.82) is 0 Å². The van der Waals surface area contributed by atoms with E-state index < -0.39 is 10.0 Å². The molecule has 6 heteroatoms. The minimum Gasteiger partial charge on any atom is -0.356 e. The Bertz CT molecular complexity index is 904. The topological polar surface area (TPSA) is 66.5 Å². The molecule has 0 saturated heterocycles. The van der Waals surface area contributed by atoms with Gasteiger partial charge in [-0.2, -0.15) is 0 Å². The fraction of sp³-hybridized carbons (Fsp3) is 0.458. The summed E-state index contributed by atoms with van der Waals surface area (Å²) in [5, 5.41) is 2.94. The van der Waals surface area contributed by atoms with Crippen LogP contribution in [0.3, 0.4) is 0 Å². The molecule has 0 aliphatic heterocycles. The number of carbonyl (C=O) groups excluding carboxylic acids is 1. The van der Waals surface area contributed by atoms with E-state index in [2.05, 4.69) is 43.4 Å². The number of nitrogens with one attached hydrogen (secondary N) is 1. The molecule has 0 atom stereocenters. The van der Waals surface area contributed by atoms with Gasteiger partial charge in [0.05, 0.1) is 11.9 Å². The maximum atomic E-state index is 12.1. The first-order valence-corrected chi connectivity index (χ1v) is 12.4. The van der Waals surface area contributed by atoms with Gasteiger partial charge >= 0.3 is 0 Å². The Kier molecular flexibility index (Phi) is 8.90. The van der Waals surface area contributed by atoms with Crippen LogP contribution in [0.25, 0.3) is 0 Å². The average molecular weight is 431 g/mol. The molecule has 5 nitrogen and oxygen atoms in total. The molecule has 0 aliphatic rings. The summed E-state index contributed by atoms with van der Waals surface area (Å²) in [5.74, 6) is 0.491. The van der Waals surface area contributed by atoms with E-state index in [4.69, 9.17) is 0 Å². The maximum Gasteiger partial charge on any atom is 0.232 e. The summed E-state index contributed by atoms with van der Waals surface area (Å²) in [6.45, 7) is 7.23. The number of hydrogen-bond acceptors (Lipinski definition) is 3. The number of sulfonamides is 1. The highest BCUT2D eigenvalue weighted by Crippen LogP contribution is 2.19. The first-order chi connectivity index (χ1) is 14.2. The number of hydrogen-bond donors (Lipinski definition) is 1. The Hall–Kier alpha value is -2.34. The molecule has 0 radical (unpaired) electrons. The first-order valence-electron chi connectivity index (χ1n) is 10.6. The highest BCUT2D eigenvalue weighted by molar-refractivity contribution is 7.92. The third-order valence-corrected chi connectivity index (χ3v) is 6.29. The lowest BCUT2D eigenvalue weighted by molar-refractivity contribution is -0.121. The molecule has 0 bridgehead atoms. The minimum absolute atomic E-state index is 0.0393. The van der Waals surface area contributed by atoms with Crippen LogP contribution in [0.5, 0.6) is 0 Å². The normalized spacial score (nSPS) is 11.5. The van der Waals surface area contributed by atoms with E-state index in [9.17, 15) is 13.2 Å². The number of aryl methyl sites for hydroxylation is 2. The van der Waals surface area contributed by atoms with Crippen molar-refractivity contribution in [2.75, 3.05) is 23.7 Å². The molecule has 0 heterocycles. The fourth-order valence-electron chi connectivity index (χ4n) is 3.26. The van der Waals surface area contributed by atoms with Gasteiger partial charge < -0.3 is 5.32 Å². The summed E-state index contributed by atoms with van der Waals surface area (Å²) in [5.41, 5.74) is 4.31.